The van der Waals surface area contributed by atoms with E-state index in [-0.39, 0.29) is 26.5 Å². The van der Waals surface area contributed by atoms with Gasteiger partial charge < -0.3 is 12.6 Å². The zero-order chi connectivity index (χ0) is 19.6. The molecule has 0 aliphatic rings. The Balaban J connectivity index is 0.00000240. The van der Waals surface area contributed by atoms with Crippen LogP contribution in [0.3, 0.4) is 0 Å². The molecule has 0 N–H and O–H groups in total. The van der Waals surface area contributed by atoms with Crippen LogP contribution in [-0.4, -0.2) is 9.97 Å². The topological polar surface area (TPSA) is 25.8 Å². The van der Waals surface area contributed by atoms with Crippen LogP contribution in [0.4, 0.5) is 0 Å². The number of nitrogens with zero attached hydrogens (tertiary/aromatic N) is 2. The van der Waals surface area contributed by atoms with Crippen molar-refractivity contribution in [3.05, 3.63) is 102 Å². The third-order valence-electron chi connectivity index (χ3n) is 4.95. The first-order valence-corrected chi connectivity index (χ1v) is 9.65. The van der Waals surface area contributed by atoms with Crippen molar-refractivity contribution >= 4 is 12.6 Å². The van der Waals surface area contributed by atoms with Gasteiger partial charge in [0.25, 0.3) is 0 Å². The van der Waals surface area contributed by atoms with Crippen molar-refractivity contribution in [2.45, 2.75) is 24.2 Å². The molecular formula is C25H20N2PtS. The van der Waals surface area contributed by atoms with Crippen molar-refractivity contribution in [3.8, 4) is 22.6 Å². The minimum absolute atomic E-state index is 0. The fraction of sp³-hybridized carbons (Fsp3) is 0.120. The van der Waals surface area contributed by atoms with Gasteiger partial charge in [0.2, 0.25) is 0 Å². The summed E-state index contributed by atoms with van der Waals surface area (Å²) in [5.74, 6) is 0. The van der Waals surface area contributed by atoms with E-state index >= 15 is 0 Å². The first-order valence-electron chi connectivity index (χ1n) is 9.24. The molecule has 4 heteroatoms. The van der Waals surface area contributed by atoms with Crippen LogP contribution in [0, 0.1) is 6.07 Å². The van der Waals surface area contributed by atoms with Gasteiger partial charge in [0.1, 0.15) is 0 Å². The Morgan fingerprint density at radius 3 is 2.10 bits per heavy atom. The van der Waals surface area contributed by atoms with Crippen LogP contribution in [0.25, 0.3) is 22.6 Å². The average molecular weight is 576 g/mol. The summed E-state index contributed by atoms with van der Waals surface area (Å²) in [4.78, 5) is 10.6. The van der Waals surface area contributed by atoms with E-state index in [0.29, 0.717) is 0 Å². The summed E-state index contributed by atoms with van der Waals surface area (Å²) in [6, 6.07) is 31.2. The van der Waals surface area contributed by atoms with Crippen LogP contribution in [-0.2, 0) is 39.1 Å². The van der Waals surface area contributed by atoms with Crippen molar-refractivity contribution in [2.24, 2.45) is 0 Å². The zero-order valence-corrected chi connectivity index (χ0v) is 19.3. The Bertz CT molecular complexity index is 1110. The Morgan fingerprint density at radius 1 is 0.724 bits per heavy atom. The summed E-state index contributed by atoms with van der Waals surface area (Å²) < 4.78 is 0. The second-order valence-electron chi connectivity index (χ2n) is 7.21. The monoisotopic (exact) mass is 575 g/mol. The Morgan fingerprint density at radius 2 is 1.38 bits per heavy atom. The van der Waals surface area contributed by atoms with Crippen molar-refractivity contribution in [1.29, 1.82) is 0 Å². The molecule has 29 heavy (non-hydrogen) atoms. The molecule has 0 bridgehead atoms. The van der Waals surface area contributed by atoms with Crippen molar-refractivity contribution in [3.63, 3.8) is 0 Å². The third kappa shape index (κ3) is 4.47. The summed E-state index contributed by atoms with van der Waals surface area (Å²) in [6.07, 6.45) is 0. The maximum Gasteiger partial charge on any atom is 2.00 e. The van der Waals surface area contributed by atoms with E-state index in [0.717, 1.165) is 38.8 Å². The molecule has 2 aromatic carbocycles. The van der Waals surface area contributed by atoms with Crippen LogP contribution >= 0.6 is 0 Å². The van der Waals surface area contributed by atoms with E-state index < -0.39 is 0 Å². The van der Waals surface area contributed by atoms with E-state index in [4.69, 9.17) is 22.6 Å². The SMILES string of the molecule is CC(C)(c1cccc(-c2cccc(-c3[c-]cccc3)n2)n1)c1ccccc1[S-].[Pt+2]. The van der Waals surface area contributed by atoms with Gasteiger partial charge in [-0.25, -0.2) is 0 Å². The molecule has 0 aliphatic carbocycles. The van der Waals surface area contributed by atoms with E-state index in [1.165, 1.54) is 0 Å². The van der Waals surface area contributed by atoms with Gasteiger partial charge in [0.05, 0.1) is 17.1 Å². The number of hydrogen-bond acceptors (Lipinski definition) is 3. The molecule has 2 nitrogen and oxygen atoms in total. The molecule has 146 valence electrons. The summed E-state index contributed by atoms with van der Waals surface area (Å²) in [6.45, 7) is 4.32. The van der Waals surface area contributed by atoms with Gasteiger partial charge in [0, 0.05) is 5.41 Å². The van der Waals surface area contributed by atoms with Crippen LogP contribution in [0.1, 0.15) is 25.1 Å². The summed E-state index contributed by atoms with van der Waals surface area (Å²) in [5, 5.41) is 0. The molecule has 2 aromatic heterocycles. The largest absolute Gasteiger partial charge is 2.00 e. The number of hydrogen-bond donors (Lipinski definition) is 0. The number of rotatable bonds is 4. The standard InChI is InChI=1S/C25H21N2S.Pt/c1-25(2,19-12-6-7-16-23(19)28)24-17-9-15-22(27-24)21-14-8-13-20(26-21)18-10-4-3-5-11-18;/h3-10,12-17,28H,1-2H3;/q-1;+2/p-1. The van der Waals surface area contributed by atoms with E-state index in [1.807, 2.05) is 72.8 Å². The van der Waals surface area contributed by atoms with Crippen molar-refractivity contribution < 1.29 is 21.1 Å². The van der Waals surface area contributed by atoms with Gasteiger partial charge in [-0.1, -0.05) is 61.9 Å². The smallest absolute Gasteiger partial charge is 0.779 e. The average Bonchev–Trinajstić information content (AvgIpc) is 2.75. The fourth-order valence-corrected chi connectivity index (χ4v) is 3.73. The zero-order valence-electron chi connectivity index (χ0n) is 16.2. The van der Waals surface area contributed by atoms with Crippen LogP contribution < -0.4 is 0 Å². The quantitative estimate of drug-likeness (QED) is 0.226. The second-order valence-corrected chi connectivity index (χ2v) is 7.65. The summed E-state index contributed by atoms with van der Waals surface area (Å²) in [5.41, 5.74) is 5.35. The molecular weight excluding hydrogens is 555 g/mol. The number of benzene rings is 2. The van der Waals surface area contributed by atoms with Gasteiger partial charge in [0.15, 0.2) is 0 Å². The third-order valence-corrected chi connectivity index (χ3v) is 5.30. The minimum atomic E-state index is -0.292. The van der Waals surface area contributed by atoms with E-state index in [9.17, 15) is 0 Å². The number of pyridine rings is 2. The molecule has 0 fully saturated rings. The van der Waals surface area contributed by atoms with E-state index in [2.05, 4.69) is 32.0 Å². The predicted molar refractivity (Wildman–Crippen MR) is 116 cm³/mol. The normalized spacial score (nSPS) is 11.0. The van der Waals surface area contributed by atoms with Gasteiger partial charge in [-0.15, -0.1) is 35.9 Å². The second kappa shape index (κ2) is 8.98. The number of aromatic nitrogens is 2. The fourth-order valence-electron chi connectivity index (χ4n) is 3.33. The van der Waals surface area contributed by atoms with Crippen molar-refractivity contribution in [2.75, 3.05) is 0 Å². The maximum atomic E-state index is 5.55. The molecule has 0 spiro atoms. The molecule has 0 saturated carbocycles. The summed E-state index contributed by atoms with van der Waals surface area (Å²) in [7, 11) is 0. The first-order chi connectivity index (χ1) is 13.6. The van der Waals surface area contributed by atoms with Crippen LogP contribution in [0.5, 0.6) is 0 Å². The molecule has 0 unspecified atom stereocenters. The Labute approximate surface area is 192 Å². The van der Waals surface area contributed by atoms with Crippen LogP contribution in [0.2, 0.25) is 0 Å². The van der Waals surface area contributed by atoms with Gasteiger partial charge in [-0.3, -0.25) is 9.97 Å². The molecule has 4 rings (SSSR count). The van der Waals surface area contributed by atoms with Crippen LogP contribution in [0.15, 0.2) is 89.8 Å². The van der Waals surface area contributed by atoms with E-state index in [1.54, 1.807) is 0 Å². The van der Waals surface area contributed by atoms with Gasteiger partial charge >= 0.3 is 21.1 Å². The molecule has 0 amide bonds. The first kappa shape index (κ1) is 21.4. The Hall–Kier alpha value is -2.35. The predicted octanol–water partition coefficient (Wildman–Crippen LogP) is 5.84. The summed E-state index contributed by atoms with van der Waals surface area (Å²) >= 11 is 5.55. The molecule has 0 saturated heterocycles. The molecule has 2 heterocycles. The molecule has 0 radical (unpaired) electrons. The van der Waals surface area contributed by atoms with Crippen molar-refractivity contribution in [1.82, 2.24) is 9.97 Å². The molecule has 0 atom stereocenters. The minimum Gasteiger partial charge on any atom is -0.779 e. The van der Waals surface area contributed by atoms with Gasteiger partial charge in [-0.2, -0.15) is 4.90 Å². The maximum absolute atomic E-state index is 5.55. The Kier molecular flexibility index (Phi) is 6.62. The van der Waals surface area contributed by atoms with Gasteiger partial charge in [-0.05, 0) is 23.9 Å². The molecule has 0 aliphatic heterocycles. The molecule has 4 aromatic rings.